The molecule has 102 valence electrons. The third-order valence-electron chi connectivity index (χ3n) is 3.31. The molecule has 0 aliphatic carbocycles. The van der Waals surface area contributed by atoms with Gasteiger partial charge in [0.1, 0.15) is 6.04 Å². The Labute approximate surface area is 112 Å². The molecular weight excluding hydrogens is 244 g/mol. The largest absolute Gasteiger partial charge is 0.468 e. The van der Waals surface area contributed by atoms with Crippen molar-refractivity contribution in [2.75, 3.05) is 7.11 Å². The topological polar surface area (TPSA) is 67.4 Å². The van der Waals surface area contributed by atoms with Crippen LogP contribution in [0.4, 0.5) is 0 Å². The summed E-state index contributed by atoms with van der Waals surface area (Å²) >= 11 is 0. The number of ether oxygens (including phenoxy) is 1. The number of carbonyl (C=O) groups excluding carboxylic acids is 2. The van der Waals surface area contributed by atoms with Crippen LogP contribution in [0.2, 0.25) is 0 Å². The van der Waals surface area contributed by atoms with Gasteiger partial charge in [-0.05, 0) is 12.0 Å². The van der Waals surface area contributed by atoms with E-state index in [1.165, 1.54) is 14.0 Å². The molecule has 0 saturated carbocycles. The zero-order chi connectivity index (χ0) is 13.8. The van der Waals surface area contributed by atoms with Gasteiger partial charge in [0.2, 0.25) is 5.91 Å². The molecule has 1 saturated heterocycles. The molecule has 1 fully saturated rings. The maximum Gasteiger partial charge on any atom is 0.322 e. The molecule has 1 aromatic rings. The summed E-state index contributed by atoms with van der Waals surface area (Å²) in [6, 6.07) is 9.20. The van der Waals surface area contributed by atoms with E-state index >= 15 is 0 Å². The number of rotatable bonds is 3. The monoisotopic (exact) mass is 262 g/mol. The summed E-state index contributed by atoms with van der Waals surface area (Å²) in [6.45, 7) is 1.48. The van der Waals surface area contributed by atoms with E-state index < -0.39 is 0 Å². The zero-order valence-corrected chi connectivity index (χ0v) is 11.1. The molecule has 19 heavy (non-hydrogen) atoms. The molecule has 1 aliphatic heterocycles. The Bertz CT molecular complexity index is 461. The first-order valence-electron chi connectivity index (χ1n) is 6.27. The average Bonchev–Trinajstić information content (AvgIpc) is 2.82. The molecule has 1 amide bonds. The molecule has 1 aromatic carbocycles. The van der Waals surface area contributed by atoms with Crippen molar-refractivity contribution in [2.24, 2.45) is 0 Å². The number of esters is 1. The predicted molar refractivity (Wildman–Crippen MR) is 70.3 cm³/mol. The SMILES string of the molecule is COC(=O)[C@@H]1C[C@@H](NC(C)=O)[C@H](c2ccccc2)N1. The molecule has 5 nitrogen and oxygen atoms in total. The Kier molecular flexibility index (Phi) is 4.16. The van der Waals surface area contributed by atoms with Crippen LogP contribution in [-0.4, -0.2) is 31.1 Å². The number of methoxy groups -OCH3 is 1. The van der Waals surface area contributed by atoms with Crippen molar-refractivity contribution >= 4 is 11.9 Å². The Balaban J connectivity index is 2.18. The van der Waals surface area contributed by atoms with Gasteiger partial charge in [-0.25, -0.2) is 0 Å². The molecule has 1 aliphatic rings. The second-order valence-corrected chi connectivity index (χ2v) is 4.67. The van der Waals surface area contributed by atoms with Gasteiger partial charge in [-0.1, -0.05) is 30.3 Å². The van der Waals surface area contributed by atoms with E-state index in [1.54, 1.807) is 0 Å². The van der Waals surface area contributed by atoms with E-state index in [1.807, 2.05) is 30.3 Å². The Morgan fingerprint density at radius 3 is 2.58 bits per heavy atom. The fourth-order valence-corrected chi connectivity index (χ4v) is 2.49. The summed E-state index contributed by atoms with van der Waals surface area (Å²) in [4.78, 5) is 22.9. The maximum atomic E-state index is 11.6. The molecule has 0 radical (unpaired) electrons. The van der Waals surface area contributed by atoms with Crippen molar-refractivity contribution in [1.82, 2.24) is 10.6 Å². The van der Waals surface area contributed by atoms with Crippen LogP contribution in [0.15, 0.2) is 30.3 Å². The van der Waals surface area contributed by atoms with Crippen LogP contribution in [0.25, 0.3) is 0 Å². The molecule has 0 spiro atoms. The summed E-state index contributed by atoms with van der Waals surface area (Å²) in [6.07, 6.45) is 0.534. The van der Waals surface area contributed by atoms with Crippen molar-refractivity contribution in [2.45, 2.75) is 31.5 Å². The second kappa shape index (κ2) is 5.84. The van der Waals surface area contributed by atoms with Crippen molar-refractivity contribution in [3.05, 3.63) is 35.9 Å². The normalized spacial score (nSPS) is 25.9. The number of benzene rings is 1. The molecule has 3 atom stereocenters. The average molecular weight is 262 g/mol. The quantitative estimate of drug-likeness (QED) is 0.789. The summed E-state index contributed by atoms with van der Waals surface area (Å²) < 4.78 is 4.76. The third-order valence-corrected chi connectivity index (χ3v) is 3.31. The summed E-state index contributed by atoms with van der Waals surface area (Å²) in [5.41, 5.74) is 1.05. The van der Waals surface area contributed by atoms with Gasteiger partial charge in [0.25, 0.3) is 0 Å². The van der Waals surface area contributed by atoms with Crippen molar-refractivity contribution in [1.29, 1.82) is 0 Å². The van der Waals surface area contributed by atoms with Crippen LogP contribution in [0, 0.1) is 0 Å². The van der Waals surface area contributed by atoms with Gasteiger partial charge < -0.3 is 10.1 Å². The first-order chi connectivity index (χ1) is 9.11. The lowest BCUT2D eigenvalue weighted by atomic mass is 10.0. The van der Waals surface area contributed by atoms with Crippen LogP contribution < -0.4 is 10.6 Å². The molecule has 2 N–H and O–H groups in total. The molecule has 0 bridgehead atoms. The number of carbonyl (C=O) groups is 2. The first-order valence-corrected chi connectivity index (χ1v) is 6.27. The minimum atomic E-state index is -0.382. The van der Waals surface area contributed by atoms with Gasteiger partial charge >= 0.3 is 5.97 Å². The Hall–Kier alpha value is -1.88. The highest BCUT2D eigenvalue weighted by atomic mass is 16.5. The fraction of sp³-hybridized carbons (Fsp3) is 0.429. The molecule has 1 heterocycles. The summed E-state index contributed by atoms with van der Waals surface area (Å²) in [5, 5.41) is 6.11. The highest BCUT2D eigenvalue weighted by Crippen LogP contribution is 2.27. The van der Waals surface area contributed by atoms with E-state index in [-0.39, 0.29) is 30.0 Å². The lowest BCUT2D eigenvalue weighted by Crippen LogP contribution is -2.37. The van der Waals surface area contributed by atoms with Crippen LogP contribution >= 0.6 is 0 Å². The van der Waals surface area contributed by atoms with Crippen molar-refractivity contribution < 1.29 is 14.3 Å². The van der Waals surface area contributed by atoms with Gasteiger partial charge in [0.05, 0.1) is 19.2 Å². The lowest BCUT2D eigenvalue weighted by Gasteiger charge is -2.20. The standard InChI is InChI=1S/C14H18N2O3/c1-9(17)15-11-8-12(14(18)19-2)16-13(11)10-6-4-3-5-7-10/h3-7,11-13,16H,8H2,1-2H3,(H,15,17)/t11-,12+,13+/m1/s1. The number of nitrogens with one attached hydrogen (secondary N) is 2. The summed E-state index contributed by atoms with van der Waals surface area (Å²) in [7, 11) is 1.37. The molecule has 5 heteroatoms. The van der Waals surface area contributed by atoms with E-state index in [4.69, 9.17) is 4.74 Å². The minimum absolute atomic E-state index is 0.0748. The van der Waals surface area contributed by atoms with Gasteiger partial charge in [0.15, 0.2) is 0 Å². The Morgan fingerprint density at radius 1 is 1.32 bits per heavy atom. The predicted octanol–water partition coefficient (Wildman–Crippen LogP) is 0.767. The van der Waals surface area contributed by atoms with Gasteiger partial charge in [-0.15, -0.1) is 0 Å². The molecule has 0 aromatic heterocycles. The third kappa shape index (κ3) is 3.12. The zero-order valence-electron chi connectivity index (χ0n) is 11.1. The lowest BCUT2D eigenvalue weighted by molar-refractivity contribution is -0.142. The molecule has 2 rings (SSSR count). The fourth-order valence-electron chi connectivity index (χ4n) is 2.49. The van der Waals surface area contributed by atoms with E-state index in [9.17, 15) is 9.59 Å². The van der Waals surface area contributed by atoms with Gasteiger partial charge in [-0.2, -0.15) is 0 Å². The first kappa shape index (κ1) is 13.5. The number of hydrogen-bond donors (Lipinski definition) is 2. The van der Waals surface area contributed by atoms with Crippen molar-refractivity contribution in [3.63, 3.8) is 0 Å². The minimum Gasteiger partial charge on any atom is -0.468 e. The smallest absolute Gasteiger partial charge is 0.322 e. The van der Waals surface area contributed by atoms with Crippen LogP contribution in [0.3, 0.4) is 0 Å². The second-order valence-electron chi connectivity index (χ2n) is 4.67. The molecular formula is C14H18N2O3. The van der Waals surface area contributed by atoms with Crippen LogP contribution in [0.1, 0.15) is 24.9 Å². The van der Waals surface area contributed by atoms with Crippen LogP contribution in [0.5, 0.6) is 0 Å². The van der Waals surface area contributed by atoms with E-state index in [0.717, 1.165) is 5.56 Å². The highest BCUT2D eigenvalue weighted by Gasteiger charge is 2.38. The number of amides is 1. The van der Waals surface area contributed by atoms with Crippen molar-refractivity contribution in [3.8, 4) is 0 Å². The highest BCUT2D eigenvalue weighted by molar-refractivity contribution is 5.77. The van der Waals surface area contributed by atoms with Gasteiger partial charge in [0, 0.05) is 6.92 Å². The van der Waals surface area contributed by atoms with E-state index in [0.29, 0.717) is 6.42 Å². The summed E-state index contributed by atoms with van der Waals surface area (Å²) in [5.74, 6) is -0.396. The molecule has 0 unspecified atom stereocenters. The van der Waals surface area contributed by atoms with Gasteiger partial charge in [-0.3, -0.25) is 14.9 Å². The van der Waals surface area contributed by atoms with Crippen LogP contribution in [-0.2, 0) is 14.3 Å². The number of hydrogen-bond acceptors (Lipinski definition) is 4. The van der Waals surface area contributed by atoms with E-state index in [2.05, 4.69) is 10.6 Å². The Morgan fingerprint density at radius 2 is 2.00 bits per heavy atom. The maximum absolute atomic E-state index is 11.6.